The fourth-order valence-electron chi connectivity index (χ4n) is 3.85. The number of benzene rings is 3. The van der Waals surface area contributed by atoms with Gasteiger partial charge in [-0.1, -0.05) is 80.4 Å². The van der Waals surface area contributed by atoms with Crippen molar-refractivity contribution in [1.29, 1.82) is 0 Å². The summed E-state index contributed by atoms with van der Waals surface area (Å²) in [5.41, 5.74) is 4.33. The minimum atomic E-state index is -0.891. The van der Waals surface area contributed by atoms with Crippen LogP contribution < -0.4 is 15.5 Å². The third-order valence-electron chi connectivity index (χ3n) is 5.95. The van der Waals surface area contributed by atoms with E-state index in [1.165, 1.54) is 4.90 Å². The van der Waals surface area contributed by atoms with Crippen molar-refractivity contribution < 1.29 is 19.5 Å². The highest BCUT2D eigenvalue weighted by molar-refractivity contribution is 6.34. The van der Waals surface area contributed by atoms with E-state index in [1.807, 2.05) is 37.3 Å². The number of aliphatic carboxylic acids is 1. The van der Waals surface area contributed by atoms with Gasteiger partial charge in [-0.05, 0) is 58.9 Å². The first kappa shape index (κ1) is 29.0. The first-order chi connectivity index (χ1) is 17.9. The van der Waals surface area contributed by atoms with Crippen LogP contribution in [0.15, 0.2) is 60.7 Å². The molecule has 0 spiro atoms. The number of carboxylic acids is 1. The molecule has 0 heterocycles. The van der Waals surface area contributed by atoms with Crippen LogP contribution in [0.25, 0.3) is 11.1 Å². The molecule has 0 radical (unpaired) electrons. The largest absolute Gasteiger partial charge is 0.481 e. The van der Waals surface area contributed by atoms with Crippen LogP contribution in [0.2, 0.25) is 10.0 Å². The standard InChI is InChI=1S/C29H31Cl2N3O4/c1-5-34(25-13-11-21(16-23(25)31)29(2,3)4)28(38)32-17-26(35)33-24-12-10-20(15-22(24)30)19-8-6-18(7-9-19)14-27(36)37/h6-13,15-16H,5,14,17H2,1-4H3,(H,32,38)(H,33,35)(H,36,37). The van der Waals surface area contributed by atoms with Gasteiger partial charge >= 0.3 is 12.0 Å². The highest BCUT2D eigenvalue weighted by atomic mass is 35.5. The highest BCUT2D eigenvalue weighted by Gasteiger charge is 2.21. The molecule has 3 amide bonds. The van der Waals surface area contributed by atoms with Gasteiger partial charge in [0.15, 0.2) is 0 Å². The lowest BCUT2D eigenvalue weighted by Crippen LogP contribution is -2.43. The van der Waals surface area contributed by atoms with Gasteiger partial charge in [-0.15, -0.1) is 0 Å². The number of nitrogens with one attached hydrogen (secondary N) is 2. The number of hydrogen-bond donors (Lipinski definition) is 3. The van der Waals surface area contributed by atoms with Crippen molar-refractivity contribution in [2.24, 2.45) is 0 Å². The number of carbonyl (C=O) groups is 3. The maximum Gasteiger partial charge on any atom is 0.322 e. The number of carboxylic acid groups (broad SMARTS) is 1. The number of carbonyl (C=O) groups excluding carboxylic acids is 2. The summed E-state index contributed by atoms with van der Waals surface area (Å²) in [5, 5.41) is 15.0. The van der Waals surface area contributed by atoms with Crippen LogP contribution in [0.1, 0.15) is 38.8 Å². The van der Waals surface area contributed by atoms with Gasteiger partial charge in [-0.25, -0.2) is 4.79 Å². The van der Waals surface area contributed by atoms with Gasteiger partial charge in [0.2, 0.25) is 5.91 Å². The van der Waals surface area contributed by atoms with Gasteiger partial charge < -0.3 is 15.7 Å². The molecule has 9 heteroatoms. The zero-order valence-corrected chi connectivity index (χ0v) is 23.3. The molecule has 0 unspecified atom stereocenters. The first-order valence-electron chi connectivity index (χ1n) is 12.1. The second-order valence-corrected chi connectivity index (χ2v) is 10.6. The summed E-state index contributed by atoms with van der Waals surface area (Å²) in [5.74, 6) is -1.32. The molecular weight excluding hydrogens is 525 g/mol. The van der Waals surface area contributed by atoms with Crippen LogP contribution >= 0.6 is 23.2 Å². The smallest absolute Gasteiger partial charge is 0.322 e. The lowest BCUT2D eigenvalue weighted by molar-refractivity contribution is -0.136. The summed E-state index contributed by atoms with van der Waals surface area (Å²) in [7, 11) is 0. The van der Waals surface area contributed by atoms with Crippen molar-refractivity contribution >= 4 is 52.5 Å². The summed E-state index contributed by atoms with van der Waals surface area (Å²) in [4.78, 5) is 37.7. The number of nitrogens with zero attached hydrogens (tertiary/aromatic N) is 1. The molecule has 3 aromatic rings. The molecule has 38 heavy (non-hydrogen) atoms. The van der Waals surface area contributed by atoms with E-state index >= 15 is 0 Å². The number of urea groups is 1. The van der Waals surface area contributed by atoms with Crippen molar-refractivity contribution in [3.05, 3.63) is 81.8 Å². The fourth-order valence-corrected chi connectivity index (χ4v) is 4.36. The van der Waals surface area contributed by atoms with E-state index in [-0.39, 0.29) is 18.4 Å². The van der Waals surface area contributed by atoms with Crippen molar-refractivity contribution in [3.8, 4) is 11.1 Å². The van der Waals surface area contributed by atoms with E-state index in [9.17, 15) is 14.4 Å². The summed E-state index contributed by atoms with van der Waals surface area (Å²) in [6, 6.07) is 17.5. The Morgan fingerprint density at radius 2 is 1.55 bits per heavy atom. The normalized spacial score (nSPS) is 11.1. The zero-order chi connectivity index (χ0) is 28.0. The molecule has 3 N–H and O–H groups in total. The van der Waals surface area contributed by atoms with E-state index < -0.39 is 17.9 Å². The maximum absolute atomic E-state index is 12.8. The second-order valence-electron chi connectivity index (χ2n) is 9.83. The number of hydrogen-bond acceptors (Lipinski definition) is 3. The third-order valence-corrected chi connectivity index (χ3v) is 6.57. The molecule has 0 aliphatic carbocycles. The average Bonchev–Trinajstić information content (AvgIpc) is 2.85. The van der Waals surface area contributed by atoms with Crippen LogP contribution in [0.3, 0.4) is 0 Å². The Kier molecular flexibility index (Phi) is 9.41. The van der Waals surface area contributed by atoms with Crippen LogP contribution in [-0.4, -0.2) is 36.1 Å². The first-order valence-corrected chi connectivity index (χ1v) is 12.9. The van der Waals surface area contributed by atoms with Gasteiger partial charge in [0.25, 0.3) is 0 Å². The van der Waals surface area contributed by atoms with Gasteiger partial charge in [-0.3, -0.25) is 14.5 Å². The summed E-state index contributed by atoms with van der Waals surface area (Å²) in [6.07, 6.45) is -0.0465. The van der Waals surface area contributed by atoms with Crippen molar-refractivity contribution in [3.63, 3.8) is 0 Å². The minimum Gasteiger partial charge on any atom is -0.481 e. The van der Waals surface area contributed by atoms with Gasteiger partial charge in [0.1, 0.15) is 0 Å². The highest BCUT2D eigenvalue weighted by Crippen LogP contribution is 2.32. The topological polar surface area (TPSA) is 98.7 Å². The van der Waals surface area contributed by atoms with Crippen LogP contribution in [0.5, 0.6) is 0 Å². The second kappa shape index (κ2) is 12.3. The van der Waals surface area contributed by atoms with Crippen LogP contribution in [-0.2, 0) is 21.4 Å². The van der Waals surface area contributed by atoms with E-state index in [2.05, 4.69) is 31.4 Å². The van der Waals surface area contributed by atoms with Gasteiger partial charge in [0.05, 0.1) is 34.4 Å². The number of rotatable bonds is 8. The molecular formula is C29H31Cl2N3O4. The lowest BCUT2D eigenvalue weighted by atomic mass is 9.87. The predicted molar refractivity (Wildman–Crippen MR) is 153 cm³/mol. The maximum atomic E-state index is 12.8. The molecule has 0 atom stereocenters. The summed E-state index contributed by atoms with van der Waals surface area (Å²) >= 11 is 12.9. The predicted octanol–water partition coefficient (Wildman–Crippen LogP) is 6.76. The molecule has 0 saturated heterocycles. The van der Waals surface area contributed by atoms with Gasteiger partial charge in [-0.2, -0.15) is 0 Å². The molecule has 200 valence electrons. The Labute approximate surface area is 232 Å². The molecule has 0 aliphatic heterocycles. The molecule has 3 aromatic carbocycles. The Balaban J connectivity index is 1.61. The molecule has 7 nitrogen and oxygen atoms in total. The fraction of sp³-hybridized carbons (Fsp3) is 0.276. The van der Waals surface area contributed by atoms with Gasteiger partial charge in [0, 0.05) is 6.54 Å². The van der Waals surface area contributed by atoms with Crippen molar-refractivity contribution in [1.82, 2.24) is 5.32 Å². The zero-order valence-electron chi connectivity index (χ0n) is 21.8. The summed E-state index contributed by atoms with van der Waals surface area (Å²) < 4.78 is 0. The molecule has 3 rings (SSSR count). The SMILES string of the molecule is CCN(C(=O)NCC(=O)Nc1ccc(-c2ccc(CC(=O)O)cc2)cc1Cl)c1ccc(C(C)(C)C)cc1Cl. The van der Waals surface area contributed by atoms with Crippen molar-refractivity contribution in [2.75, 3.05) is 23.3 Å². The van der Waals surface area contributed by atoms with E-state index in [0.29, 0.717) is 33.5 Å². The Hall–Kier alpha value is -3.55. The molecule has 0 aromatic heterocycles. The average molecular weight is 556 g/mol. The number of amides is 3. The van der Waals surface area contributed by atoms with Crippen LogP contribution in [0, 0.1) is 0 Å². The number of anilines is 2. The molecule has 0 aliphatic rings. The van der Waals surface area contributed by atoms with Crippen LogP contribution in [0.4, 0.5) is 16.2 Å². The number of halogens is 2. The Morgan fingerprint density at radius 3 is 2.11 bits per heavy atom. The lowest BCUT2D eigenvalue weighted by Gasteiger charge is -2.25. The quantitative estimate of drug-likeness (QED) is 0.286. The third kappa shape index (κ3) is 7.49. The summed E-state index contributed by atoms with van der Waals surface area (Å²) in [6.45, 7) is 8.20. The Morgan fingerprint density at radius 1 is 0.895 bits per heavy atom. The van der Waals surface area contributed by atoms with E-state index in [4.69, 9.17) is 28.3 Å². The molecule has 0 saturated carbocycles. The molecule has 0 bridgehead atoms. The van der Waals surface area contributed by atoms with E-state index in [0.717, 1.165) is 16.7 Å². The minimum absolute atomic E-state index is 0.0465. The monoisotopic (exact) mass is 555 g/mol. The Bertz CT molecular complexity index is 1330. The van der Waals surface area contributed by atoms with E-state index in [1.54, 1.807) is 30.3 Å². The van der Waals surface area contributed by atoms with Crippen molar-refractivity contribution in [2.45, 2.75) is 39.5 Å². The molecule has 0 fully saturated rings.